The van der Waals surface area contributed by atoms with Crippen LogP contribution in [0.2, 0.25) is 5.02 Å². The molecule has 112 valence electrons. The van der Waals surface area contributed by atoms with Crippen molar-refractivity contribution in [2.24, 2.45) is 0 Å². The minimum atomic E-state index is -2.49. The van der Waals surface area contributed by atoms with E-state index in [0.717, 1.165) is 15.1 Å². The molecule has 0 fully saturated rings. The van der Waals surface area contributed by atoms with E-state index < -0.39 is 11.3 Å². The molecule has 0 saturated heterocycles. The summed E-state index contributed by atoms with van der Waals surface area (Å²) in [5.74, 6) is 0. The quantitative estimate of drug-likeness (QED) is 0.420. The fraction of sp³-hybridized carbons (Fsp3) is 0. The number of anilines is 2. The van der Waals surface area contributed by atoms with Crippen LogP contribution in [0.25, 0.3) is 10.8 Å². The summed E-state index contributed by atoms with van der Waals surface area (Å²) in [5.41, 5.74) is 0.957. The molecule has 0 bridgehead atoms. The van der Waals surface area contributed by atoms with Crippen LogP contribution in [0.4, 0.5) is 11.4 Å². The number of rotatable bonds is 3. The van der Waals surface area contributed by atoms with Crippen molar-refractivity contribution in [3.05, 3.63) is 71.2 Å². The van der Waals surface area contributed by atoms with Gasteiger partial charge in [-0.25, -0.2) is 0 Å². The van der Waals surface area contributed by atoms with Gasteiger partial charge in [-0.3, -0.25) is 8.51 Å². The van der Waals surface area contributed by atoms with Gasteiger partial charge in [0.25, 0.3) is 0 Å². The molecule has 0 aliphatic carbocycles. The molecule has 0 aliphatic rings. The van der Waals surface area contributed by atoms with E-state index in [1.807, 2.05) is 0 Å². The second-order valence-electron chi connectivity index (χ2n) is 4.61. The first kappa shape index (κ1) is 14.8. The first-order valence-electron chi connectivity index (χ1n) is 6.32. The Hall–Kier alpha value is -2.15. The molecule has 3 rings (SSSR count). The Morgan fingerprint density at radius 2 is 1.68 bits per heavy atom. The van der Waals surface area contributed by atoms with Gasteiger partial charge in [0.1, 0.15) is 0 Å². The highest BCUT2D eigenvalue weighted by Crippen LogP contribution is 2.30. The lowest BCUT2D eigenvalue weighted by Crippen LogP contribution is -2.23. The van der Waals surface area contributed by atoms with Gasteiger partial charge in [0.05, 0.1) is 22.6 Å². The lowest BCUT2D eigenvalue weighted by Gasteiger charge is -2.26. The largest absolute Gasteiger partial charge is 0.755 e. The Morgan fingerprint density at radius 1 is 1.00 bits per heavy atom. The van der Waals surface area contributed by atoms with Crippen molar-refractivity contribution in [1.29, 1.82) is 0 Å². The highest BCUT2D eigenvalue weighted by Gasteiger charge is 2.11. The van der Waals surface area contributed by atoms with Crippen molar-refractivity contribution in [1.82, 2.24) is 0 Å². The lowest BCUT2D eigenvalue weighted by atomic mass is 10.1. The summed E-state index contributed by atoms with van der Waals surface area (Å²) in [6.45, 7) is 0. The number of pyridine rings is 1. The van der Waals surface area contributed by atoms with E-state index in [4.69, 9.17) is 11.6 Å². The SMILES string of the molecule is O=S([O-])N(c1ccc(Cl)cc1)c1ccc2c[n+]([O-])ccc2c1. The van der Waals surface area contributed by atoms with E-state index in [2.05, 4.69) is 0 Å². The fourth-order valence-electron chi connectivity index (χ4n) is 2.18. The molecule has 0 spiro atoms. The van der Waals surface area contributed by atoms with Crippen molar-refractivity contribution in [2.75, 3.05) is 4.31 Å². The molecule has 1 aromatic heterocycles. The van der Waals surface area contributed by atoms with Crippen molar-refractivity contribution in [3.8, 4) is 0 Å². The van der Waals surface area contributed by atoms with E-state index >= 15 is 0 Å². The molecule has 0 N–H and O–H groups in total. The zero-order chi connectivity index (χ0) is 15.7. The van der Waals surface area contributed by atoms with Gasteiger partial charge < -0.3 is 9.76 Å². The lowest BCUT2D eigenvalue weighted by molar-refractivity contribution is -0.603. The van der Waals surface area contributed by atoms with Crippen LogP contribution in [0.1, 0.15) is 0 Å². The Balaban J connectivity index is 2.10. The molecule has 3 aromatic rings. The maximum atomic E-state index is 11.6. The van der Waals surface area contributed by atoms with Crippen molar-refractivity contribution in [2.45, 2.75) is 0 Å². The van der Waals surface area contributed by atoms with Gasteiger partial charge in [-0.15, -0.1) is 0 Å². The average molecular weight is 334 g/mol. The predicted octanol–water partition coefficient (Wildman–Crippen LogP) is 3.06. The fourth-order valence-corrected chi connectivity index (χ4v) is 2.89. The van der Waals surface area contributed by atoms with Gasteiger partial charge >= 0.3 is 0 Å². The maximum Gasteiger partial charge on any atom is 0.188 e. The van der Waals surface area contributed by atoms with Gasteiger partial charge in [0, 0.05) is 16.5 Å². The zero-order valence-corrected chi connectivity index (χ0v) is 12.8. The van der Waals surface area contributed by atoms with Crippen LogP contribution in [0.15, 0.2) is 60.9 Å². The number of fused-ring (bicyclic) bond motifs is 1. The predicted molar refractivity (Wildman–Crippen MR) is 85.4 cm³/mol. The van der Waals surface area contributed by atoms with E-state index in [9.17, 15) is 14.0 Å². The molecule has 0 aliphatic heterocycles. The third kappa shape index (κ3) is 2.89. The first-order valence-corrected chi connectivity index (χ1v) is 7.73. The monoisotopic (exact) mass is 333 g/mol. The Morgan fingerprint density at radius 3 is 2.36 bits per heavy atom. The zero-order valence-electron chi connectivity index (χ0n) is 11.2. The minimum absolute atomic E-state index is 0.479. The molecule has 1 unspecified atom stereocenters. The molecule has 22 heavy (non-hydrogen) atoms. The van der Waals surface area contributed by atoms with Crippen molar-refractivity contribution < 1.29 is 13.5 Å². The van der Waals surface area contributed by atoms with Crippen LogP contribution in [-0.4, -0.2) is 8.76 Å². The highest BCUT2D eigenvalue weighted by atomic mass is 35.5. The minimum Gasteiger partial charge on any atom is -0.755 e. The second kappa shape index (κ2) is 5.92. The van der Waals surface area contributed by atoms with E-state index in [0.29, 0.717) is 21.1 Å². The second-order valence-corrected chi connectivity index (χ2v) is 5.84. The maximum absolute atomic E-state index is 11.6. The molecule has 7 heteroatoms. The van der Waals surface area contributed by atoms with Crippen LogP contribution >= 0.6 is 11.6 Å². The normalized spacial score (nSPS) is 12.3. The van der Waals surface area contributed by atoms with Crippen molar-refractivity contribution in [3.63, 3.8) is 0 Å². The summed E-state index contributed by atoms with van der Waals surface area (Å²) in [7, 11) is 0. The summed E-state index contributed by atoms with van der Waals surface area (Å²) in [4.78, 5) is 0. The number of hydrogen-bond acceptors (Lipinski definition) is 3. The van der Waals surface area contributed by atoms with E-state index in [1.165, 1.54) is 12.4 Å². The van der Waals surface area contributed by atoms with Crippen molar-refractivity contribution >= 4 is 45.0 Å². The summed E-state index contributed by atoms with van der Waals surface area (Å²) < 4.78 is 25.1. The topological polar surface area (TPSA) is 70.3 Å². The van der Waals surface area contributed by atoms with E-state index in [1.54, 1.807) is 48.5 Å². The summed E-state index contributed by atoms with van der Waals surface area (Å²) in [6.07, 6.45) is 2.80. The highest BCUT2D eigenvalue weighted by molar-refractivity contribution is 7.81. The smallest absolute Gasteiger partial charge is 0.188 e. The number of halogens is 1. The third-order valence-electron chi connectivity index (χ3n) is 3.18. The number of nitrogens with zero attached hydrogens (tertiary/aromatic N) is 2. The molecule has 5 nitrogen and oxygen atoms in total. The summed E-state index contributed by atoms with van der Waals surface area (Å²) in [5, 5.41) is 13.3. The molecule has 0 radical (unpaired) electrons. The van der Waals surface area contributed by atoms with Crippen LogP contribution in [0.5, 0.6) is 0 Å². The van der Waals surface area contributed by atoms with Gasteiger partial charge in [-0.2, -0.15) is 4.73 Å². The van der Waals surface area contributed by atoms with Crippen LogP contribution in [-0.2, 0) is 11.3 Å². The molecule has 0 saturated carbocycles. The number of aromatic nitrogens is 1. The molecule has 0 amide bonds. The summed E-state index contributed by atoms with van der Waals surface area (Å²) >= 11 is 3.34. The molecular formula is C15H10ClN2O3S-. The standard InChI is InChI=1S/C15H11ClN2O3S/c16-13-2-5-14(6-3-13)18(22(20)21)15-4-1-12-10-17(19)8-7-11(12)9-15/h1-10H,(H,20,21)/p-1. The van der Waals surface area contributed by atoms with Crippen LogP contribution in [0.3, 0.4) is 0 Å². The van der Waals surface area contributed by atoms with Crippen LogP contribution in [0, 0.1) is 5.21 Å². The van der Waals surface area contributed by atoms with E-state index in [-0.39, 0.29) is 0 Å². The molecule has 1 heterocycles. The Kier molecular flexibility index (Phi) is 3.98. The van der Waals surface area contributed by atoms with Gasteiger partial charge in [0.15, 0.2) is 12.4 Å². The van der Waals surface area contributed by atoms with Gasteiger partial charge in [-0.1, -0.05) is 11.6 Å². The molecule has 2 aromatic carbocycles. The third-order valence-corrected chi connectivity index (χ3v) is 4.15. The van der Waals surface area contributed by atoms with Crippen LogP contribution < -0.4 is 9.04 Å². The number of benzene rings is 2. The molecular weight excluding hydrogens is 324 g/mol. The van der Waals surface area contributed by atoms with Gasteiger partial charge in [0.2, 0.25) is 0 Å². The number of hydrogen-bond donors (Lipinski definition) is 0. The first-order chi connectivity index (χ1) is 10.5. The summed E-state index contributed by atoms with van der Waals surface area (Å²) in [6, 6.07) is 13.2. The van der Waals surface area contributed by atoms with Gasteiger partial charge in [-0.05, 0) is 47.9 Å². The molecule has 1 atom stereocenters. The average Bonchev–Trinajstić information content (AvgIpc) is 2.49. The Bertz CT molecular complexity index is 855. The Labute approximate surface area is 134 Å².